The van der Waals surface area contributed by atoms with Crippen LogP contribution in [-0.4, -0.2) is 59.1 Å². The molecule has 35 heavy (non-hydrogen) atoms. The Kier molecular flexibility index (Phi) is 6.22. The Morgan fingerprint density at radius 2 is 0.943 bits per heavy atom. The van der Waals surface area contributed by atoms with Crippen LogP contribution in [0, 0.1) is 29.1 Å². The first kappa shape index (κ1) is 25.2. The molecule has 4 rings (SSSR count). The Morgan fingerprint density at radius 3 is 1.23 bits per heavy atom. The Bertz CT molecular complexity index is 1040. The van der Waals surface area contributed by atoms with Gasteiger partial charge in [0.15, 0.2) is 0 Å². The van der Waals surface area contributed by atoms with Crippen LogP contribution in [0.15, 0.2) is 22.3 Å². The van der Waals surface area contributed by atoms with Crippen molar-refractivity contribution in [2.45, 2.75) is 66.2 Å². The molecule has 0 aromatic carbocycles. The van der Waals surface area contributed by atoms with Crippen molar-refractivity contribution in [3.8, 4) is 0 Å². The molecule has 0 bridgehead atoms. The highest BCUT2D eigenvalue weighted by atomic mass is 16.2. The van der Waals surface area contributed by atoms with Crippen LogP contribution in [0.2, 0.25) is 0 Å². The van der Waals surface area contributed by atoms with Crippen molar-refractivity contribution >= 4 is 35.2 Å². The van der Waals surface area contributed by atoms with Gasteiger partial charge >= 0.3 is 0 Å². The van der Waals surface area contributed by atoms with E-state index in [-0.39, 0.29) is 59.9 Å². The summed E-state index contributed by atoms with van der Waals surface area (Å²) in [6.45, 7) is 6.70. The molecule has 0 saturated carbocycles. The van der Waals surface area contributed by atoms with Crippen LogP contribution in [0.4, 0.5) is 0 Å². The van der Waals surface area contributed by atoms with Crippen molar-refractivity contribution < 1.29 is 28.8 Å². The molecule has 2 heterocycles. The molecule has 0 radical (unpaired) electrons. The summed E-state index contributed by atoms with van der Waals surface area (Å²) in [5, 5.41) is 0. The second kappa shape index (κ2) is 8.64. The second-order valence-corrected chi connectivity index (χ2v) is 11.0. The molecule has 8 heteroatoms. The first-order chi connectivity index (χ1) is 16.3. The highest BCUT2D eigenvalue weighted by molar-refractivity contribution is 6.07. The zero-order valence-corrected chi connectivity index (χ0v) is 21.4. The Hall–Kier alpha value is -2.90. The summed E-state index contributed by atoms with van der Waals surface area (Å²) < 4.78 is 0. The maximum atomic E-state index is 13.1. The summed E-state index contributed by atoms with van der Waals surface area (Å²) in [6.07, 6.45) is 2.05. The molecule has 4 amide bonds. The maximum Gasteiger partial charge on any atom is 0.233 e. The highest BCUT2D eigenvalue weighted by Crippen LogP contribution is 2.49. The van der Waals surface area contributed by atoms with Gasteiger partial charge in [-0.3, -0.25) is 38.6 Å². The van der Waals surface area contributed by atoms with Crippen LogP contribution >= 0.6 is 0 Å². The van der Waals surface area contributed by atoms with E-state index in [1.165, 1.54) is 37.7 Å². The molecule has 4 atom stereocenters. The SMILES string of the molecule is CC(=O)C(CC1=C(C)C[C@@H]2C(=O)N(C)C(=O)[C@@H]2C1)(CC1=C(C)C[C@@H]2C(=O)N(C)C(=O)[C@@H]2C1)C(C)=O. The predicted molar refractivity (Wildman–Crippen MR) is 126 cm³/mol. The fourth-order valence-electron chi connectivity index (χ4n) is 6.63. The fraction of sp³-hybridized carbons (Fsp3) is 0.630. The minimum Gasteiger partial charge on any atom is -0.299 e. The quantitative estimate of drug-likeness (QED) is 0.327. The number of carbonyl (C=O) groups is 6. The standard InChI is InChI=1S/C27H34N2O6/c1-13-7-19-21(25(34)28(5)23(19)32)9-17(13)11-27(15(3)30,16(4)31)12-18-10-22-20(8-14(18)2)24(33)29(6)26(22)35/h19-22H,7-12H2,1-6H3/t19-,20-,21+,22+/m0/s1. The molecular formula is C27H34N2O6. The molecule has 0 aromatic rings. The van der Waals surface area contributed by atoms with Crippen molar-refractivity contribution in [1.29, 1.82) is 0 Å². The highest BCUT2D eigenvalue weighted by Gasteiger charge is 2.52. The van der Waals surface area contributed by atoms with Crippen LogP contribution in [0.5, 0.6) is 0 Å². The molecular weight excluding hydrogens is 448 g/mol. The number of hydrogen-bond donors (Lipinski definition) is 0. The van der Waals surface area contributed by atoms with Crippen LogP contribution < -0.4 is 0 Å². The minimum absolute atomic E-state index is 0.166. The third-order valence-electron chi connectivity index (χ3n) is 9.13. The van der Waals surface area contributed by atoms with Gasteiger partial charge in [-0.25, -0.2) is 0 Å². The first-order valence-electron chi connectivity index (χ1n) is 12.3. The van der Waals surface area contributed by atoms with E-state index in [0.717, 1.165) is 22.3 Å². The van der Waals surface area contributed by atoms with E-state index >= 15 is 0 Å². The largest absolute Gasteiger partial charge is 0.299 e. The number of likely N-dealkylation sites (tertiary alicyclic amines) is 2. The molecule has 2 aliphatic heterocycles. The fourth-order valence-corrected chi connectivity index (χ4v) is 6.63. The second-order valence-electron chi connectivity index (χ2n) is 11.0. The van der Waals surface area contributed by atoms with Gasteiger partial charge < -0.3 is 0 Å². The lowest BCUT2D eigenvalue weighted by Crippen LogP contribution is -2.39. The Labute approximate surface area is 205 Å². The molecule has 0 aromatic heterocycles. The van der Waals surface area contributed by atoms with Crippen LogP contribution in [0.25, 0.3) is 0 Å². The van der Waals surface area contributed by atoms with Crippen LogP contribution in [0.1, 0.15) is 66.2 Å². The summed E-state index contributed by atoms with van der Waals surface area (Å²) in [5.41, 5.74) is 2.41. The van der Waals surface area contributed by atoms with Crippen molar-refractivity contribution in [2.24, 2.45) is 29.1 Å². The molecule has 2 fully saturated rings. The normalized spacial score (nSPS) is 29.3. The number of rotatable bonds is 6. The van der Waals surface area contributed by atoms with Gasteiger partial charge in [0.1, 0.15) is 11.6 Å². The zero-order chi connectivity index (χ0) is 26.0. The summed E-state index contributed by atoms with van der Waals surface area (Å²) in [4.78, 5) is 78.9. The molecule has 188 valence electrons. The van der Waals surface area contributed by atoms with Crippen LogP contribution in [0.3, 0.4) is 0 Å². The summed E-state index contributed by atoms with van der Waals surface area (Å²) in [6, 6.07) is 0. The summed E-state index contributed by atoms with van der Waals surface area (Å²) >= 11 is 0. The molecule has 4 aliphatic rings. The van der Waals surface area contributed by atoms with E-state index in [1.807, 2.05) is 13.8 Å². The van der Waals surface area contributed by atoms with E-state index in [9.17, 15) is 28.8 Å². The van der Waals surface area contributed by atoms with Gasteiger partial charge in [-0.2, -0.15) is 0 Å². The van der Waals surface area contributed by atoms with Gasteiger partial charge in [0.25, 0.3) is 0 Å². The number of nitrogens with zero attached hydrogens (tertiary/aromatic N) is 2. The van der Waals surface area contributed by atoms with E-state index in [1.54, 1.807) is 0 Å². The average molecular weight is 483 g/mol. The number of imide groups is 2. The zero-order valence-electron chi connectivity index (χ0n) is 21.4. The van der Waals surface area contributed by atoms with Gasteiger partial charge in [0.05, 0.1) is 29.1 Å². The van der Waals surface area contributed by atoms with Crippen molar-refractivity contribution in [3.63, 3.8) is 0 Å². The van der Waals surface area contributed by atoms with E-state index < -0.39 is 17.3 Å². The van der Waals surface area contributed by atoms with E-state index in [4.69, 9.17) is 0 Å². The average Bonchev–Trinajstić information content (AvgIpc) is 3.13. The monoisotopic (exact) mass is 482 g/mol. The van der Waals surface area contributed by atoms with Gasteiger partial charge in [0.2, 0.25) is 23.6 Å². The number of carbonyl (C=O) groups excluding carboxylic acids is 6. The number of Topliss-reactive ketones (excluding diaryl/α,β-unsaturated/α-hetero) is 2. The van der Waals surface area contributed by atoms with Crippen LogP contribution in [-0.2, 0) is 28.8 Å². The number of amides is 4. The number of hydrogen-bond acceptors (Lipinski definition) is 6. The Morgan fingerprint density at radius 1 is 0.657 bits per heavy atom. The molecule has 0 N–H and O–H groups in total. The lowest BCUT2D eigenvalue weighted by Gasteiger charge is -2.36. The van der Waals surface area contributed by atoms with Gasteiger partial charge in [-0.1, -0.05) is 22.3 Å². The van der Waals surface area contributed by atoms with Gasteiger partial charge in [0, 0.05) is 14.1 Å². The first-order valence-corrected chi connectivity index (χ1v) is 12.3. The third-order valence-corrected chi connectivity index (χ3v) is 9.13. The summed E-state index contributed by atoms with van der Waals surface area (Å²) in [5.74, 6) is -2.86. The molecule has 8 nitrogen and oxygen atoms in total. The predicted octanol–water partition coefficient (Wildman–Crippen LogP) is 2.61. The molecule has 2 saturated heterocycles. The van der Waals surface area contributed by atoms with Crippen molar-refractivity contribution in [1.82, 2.24) is 9.80 Å². The maximum absolute atomic E-state index is 13.1. The molecule has 2 aliphatic carbocycles. The smallest absolute Gasteiger partial charge is 0.233 e. The van der Waals surface area contributed by atoms with E-state index in [0.29, 0.717) is 25.7 Å². The Balaban J connectivity index is 1.65. The number of allylic oxidation sites excluding steroid dienone is 4. The minimum atomic E-state index is -1.30. The summed E-state index contributed by atoms with van der Waals surface area (Å²) in [7, 11) is 3.01. The van der Waals surface area contributed by atoms with E-state index in [2.05, 4.69) is 0 Å². The molecule has 0 spiro atoms. The van der Waals surface area contributed by atoms with Gasteiger partial charge in [-0.15, -0.1) is 0 Å². The van der Waals surface area contributed by atoms with Crippen molar-refractivity contribution in [3.05, 3.63) is 22.3 Å². The lowest BCUT2D eigenvalue weighted by atomic mass is 9.64. The van der Waals surface area contributed by atoms with Crippen molar-refractivity contribution in [2.75, 3.05) is 14.1 Å². The number of fused-ring (bicyclic) bond motifs is 2. The lowest BCUT2D eigenvalue weighted by molar-refractivity contribution is -0.139. The number of ketones is 2. The van der Waals surface area contributed by atoms with Gasteiger partial charge in [-0.05, 0) is 66.2 Å². The molecule has 0 unspecified atom stereocenters. The third kappa shape index (κ3) is 3.81. The topological polar surface area (TPSA) is 109 Å².